The Bertz CT molecular complexity index is 481. The minimum atomic E-state index is 0.866. The van der Waals surface area contributed by atoms with Gasteiger partial charge >= 0.3 is 0 Å². The van der Waals surface area contributed by atoms with E-state index in [1.165, 1.54) is 4.90 Å². The van der Waals surface area contributed by atoms with Gasteiger partial charge in [-0.2, -0.15) is 5.10 Å². The number of hydrogen-bond donors (Lipinski definition) is 1. The zero-order valence-electron chi connectivity index (χ0n) is 10.1. The summed E-state index contributed by atoms with van der Waals surface area (Å²) in [4.78, 5) is 5.69. The number of nitrogens with one attached hydrogen (secondary N) is 1. The predicted molar refractivity (Wildman–Crippen MR) is 71.2 cm³/mol. The summed E-state index contributed by atoms with van der Waals surface area (Å²) in [5, 5.41) is 7.35. The largest absolute Gasteiger partial charge is 0.370 e. The molecule has 0 aromatic carbocycles. The van der Waals surface area contributed by atoms with Crippen molar-refractivity contribution < 1.29 is 0 Å². The molecule has 0 aliphatic rings. The first-order valence-electron chi connectivity index (χ1n) is 5.59. The second-order valence-electron chi connectivity index (χ2n) is 3.68. The van der Waals surface area contributed by atoms with E-state index in [0.717, 1.165) is 23.8 Å². The van der Waals surface area contributed by atoms with Gasteiger partial charge in [-0.3, -0.25) is 4.68 Å². The molecule has 0 aliphatic carbocycles. The maximum Gasteiger partial charge on any atom is 0.126 e. The maximum atomic E-state index is 4.53. The van der Waals surface area contributed by atoms with E-state index in [4.69, 9.17) is 0 Å². The monoisotopic (exact) mass is 248 g/mol. The van der Waals surface area contributed by atoms with Crippen LogP contribution in [0.2, 0.25) is 0 Å². The molecule has 0 saturated carbocycles. The van der Waals surface area contributed by atoms with Gasteiger partial charge in [0.05, 0.1) is 11.9 Å². The summed E-state index contributed by atoms with van der Waals surface area (Å²) in [6.07, 6.45) is 3.89. The summed E-state index contributed by atoms with van der Waals surface area (Å²) in [7, 11) is 1.92. The van der Waals surface area contributed by atoms with Crippen molar-refractivity contribution in [2.24, 2.45) is 7.05 Å². The van der Waals surface area contributed by atoms with Crippen LogP contribution >= 0.6 is 11.8 Å². The van der Waals surface area contributed by atoms with Crippen molar-refractivity contribution in [3.63, 3.8) is 0 Å². The summed E-state index contributed by atoms with van der Waals surface area (Å²) >= 11 is 1.75. The molecule has 4 nitrogen and oxygen atoms in total. The molecular formula is C12H16N4S. The molecular weight excluding hydrogens is 232 g/mol. The topological polar surface area (TPSA) is 42.7 Å². The lowest BCUT2D eigenvalue weighted by Gasteiger charge is -2.04. The normalized spacial score (nSPS) is 10.5. The lowest BCUT2D eigenvalue weighted by Crippen LogP contribution is -2.00. The molecule has 0 unspecified atom stereocenters. The number of hydrogen-bond acceptors (Lipinski definition) is 4. The van der Waals surface area contributed by atoms with Gasteiger partial charge in [0.1, 0.15) is 5.82 Å². The summed E-state index contributed by atoms with van der Waals surface area (Å²) in [6, 6.07) is 6.07. The fraction of sp³-hybridized carbons (Fsp3) is 0.333. The molecule has 2 rings (SSSR count). The van der Waals surface area contributed by atoms with E-state index in [-0.39, 0.29) is 0 Å². The number of anilines is 1. The molecule has 2 heterocycles. The minimum absolute atomic E-state index is 0.866. The van der Waals surface area contributed by atoms with Gasteiger partial charge in [0.15, 0.2) is 0 Å². The van der Waals surface area contributed by atoms with Crippen molar-refractivity contribution in [1.29, 1.82) is 0 Å². The Kier molecular flexibility index (Phi) is 4.03. The molecule has 0 amide bonds. The Labute approximate surface area is 105 Å². The molecule has 0 bridgehead atoms. The van der Waals surface area contributed by atoms with Crippen molar-refractivity contribution in [3.05, 3.63) is 36.3 Å². The lowest BCUT2D eigenvalue weighted by molar-refractivity contribution is 0.766. The third-order valence-corrected chi connectivity index (χ3v) is 3.22. The summed E-state index contributed by atoms with van der Waals surface area (Å²) < 4.78 is 1.81. The Morgan fingerprint density at radius 2 is 2.29 bits per heavy atom. The van der Waals surface area contributed by atoms with Crippen LogP contribution in [0.25, 0.3) is 0 Å². The van der Waals surface area contributed by atoms with Crippen molar-refractivity contribution in [3.8, 4) is 0 Å². The van der Waals surface area contributed by atoms with Crippen LogP contribution in [0.4, 0.5) is 5.82 Å². The highest BCUT2D eigenvalue weighted by atomic mass is 32.2. The average Bonchev–Trinajstić information content (AvgIpc) is 2.74. The molecule has 0 aliphatic heterocycles. The van der Waals surface area contributed by atoms with Gasteiger partial charge in [0, 0.05) is 30.4 Å². The predicted octanol–water partition coefficient (Wildman–Crippen LogP) is 2.54. The van der Waals surface area contributed by atoms with E-state index in [9.17, 15) is 0 Å². The van der Waals surface area contributed by atoms with Crippen molar-refractivity contribution >= 4 is 17.6 Å². The zero-order chi connectivity index (χ0) is 12.1. The molecule has 17 heavy (non-hydrogen) atoms. The molecule has 0 spiro atoms. The summed E-state index contributed by atoms with van der Waals surface area (Å²) in [6.45, 7) is 2.96. The third-order valence-electron chi connectivity index (χ3n) is 2.23. The first kappa shape index (κ1) is 12.0. The smallest absolute Gasteiger partial charge is 0.126 e. The molecule has 5 heteroatoms. The van der Waals surface area contributed by atoms with Gasteiger partial charge in [-0.05, 0) is 19.1 Å². The van der Waals surface area contributed by atoms with E-state index in [1.54, 1.807) is 11.8 Å². The number of nitrogens with zero attached hydrogens (tertiary/aromatic N) is 3. The van der Waals surface area contributed by atoms with E-state index < -0.39 is 0 Å². The Hall–Kier alpha value is -1.49. The Morgan fingerprint density at radius 3 is 3.00 bits per heavy atom. The zero-order valence-corrected chi connectivity index (χ0v) is 10.9. The number of thioether (sulfide) groups is 1. The van der Waals surface area contributed by atoms with Gasteiger partial charge in [0.2, 0.25) is 0 Å². The van der Waals surface area contributed by atoms with Crippen LogP contribution in [-0.2, 0) is 12.8 Å². The van der Waals surface area contributed by atoms with Gasteiger partial charge in [-0.1, -0.05) is 6.07 Å². The molecule has 0 radical (unpaired) electrons. The van der Waals surface area contributed by atoms with Crippen LogP contribution in [0.1, 0.15) is 12.6 Å². The number of pyridine rings is 1. The van der Waals surface area contributed by atoms with Gasteiger partial charge in [-0.25, -0.2) is 4.98 Å². The van der Waals surface area contributed by atoms with Gasteiger partial charge in [0.25, 0.3) is 0 Å². The molecule has 90 valence electrons. The van der Waals surface area contributed by atoms with Crippen LogP contribution in [0.3, 0.4) is 0 Å². The minimum Gasteiger partial charge on any atom is -0.370 e. The fourth-order valence-corrected chi connectivity index (χ4v) is 2.29. The van der Waals surface area contributed by atoms with E-state index in [2.05, 4.69) is 22.3 Å². The molecule has 1 N–H and O–H groups in total. The maximum absolute atomic E-state index is 4.53. The van der Waals surface area contributed by atoms with E-state index in [0.29, 0.717) is 0 Å². The summed E-state index contributed by atoms with van der Waals surface area (Å²) in [5.74, 6) is 1.81. The molecule has 0 atom stereocenters. The van der Waals surface area contributed by atoms with Crippen LogP contribution in [0.5, 0.6) is 0 Å². The fourth-order valence-electron chi connectivity index (χ4n) is 1.47. The van der Waals surface area contributed by atoms with Gasteiger partial charge < -0.3 is 5.32 Å². The van der Waals surface area contributed by atoms with Crippen molar-refractivity contribution in [1.82, 2.24) is 14.8 Å². The highest BCUT2D eigenvalue weighted by Gasteiger charge is 2.00. The average molecular weight is 248 g/mol. The SMILES string of the molecule is CCNc1cccc(CSc2cnn(C)c2)n1. The van der Waals surface area contributed by atoms with E-state index in [1.807, 2.05) is 42.3 Å². The second-order valence-corrected chi connectivity index (χ2v) is 4.73. The second kappa shape index (κ2) is 5.72. The Morgan fingerprint density at radius 1 is 1.41 bits per heavy atom. The number of aromatic nitrogens is 3. The van der Waals surface area contributed by atoms with Crippen LogP contribution in [0.15, 0.2) is 35.5 Å². The number of aryl methyl sites for hydroxylation is 1. The standard InChI is InChI=1S/C12H16N4S/c1-3-13-12-6-4-5-10(15-12)9-17-11-7-14-16(2)8-11/h4-8H,3,9H2,1-2H3,(H,13,15). The quantitative estimate of drug-likeness (QED) is 0.826. The summed E-state index contributed by atoms with van der Waals surface area (Å²) in [5.41, 5.74) is 1.08. The highest BCUT2D eigenvalue weighted by molar-refractivity contribution is 7.98. The van der Waals surface area contributed by atoms with Crippen molar-refractivity contribution in [2.75, 3.05) is 11.9 Å². The third kappa shape index (κ3) is 3.49. The Balaban J connectivity index is 1.96. The highest BCUT2D eigenvalue weighted by Crippen LogP contribution is 2.21. The molecule has 2 aromatic heterocycles. The van der Waals surface area contributed by atoms with Crippen molar-refractivity contribution in [2.45, 2.75) is 17.6 Å². The van der Waals surface area contributed by atoms with E-state index >= 15 is 0 Å². The molecule has 0 fully saturated rings. The van der Waals surface area contributed by atoms with Crippen LogP contribution < -0.4 is 5.32 Å². The number of rotatable bonds is 5. The van der Waals surface area contributed by atoms with Crippen LogP contribution in [0, 0.1) is 0 Å². The van der Waals surface area contributed by atoms with Crippen LogP contribution in [-0.4, -0.2) is 21.3 Å². The first-order chi connectivity index (χ1) is 8.28. The molecule has 0 saturated heterocycles. The first-order valence-corrected chi connectivity index (χ1v) is 6.57. The lowest BCUT2D eigenvalue weighted by atomic mass is 10.4. The van der Waals surface area contributed by atoms with Gasteiger partial charge in [-0.15, -0.1) is 11.8 Å². The molecule has 2 aromatic rings.